The molecule has 1 aromatic carbocycles. The molecule has 0 amide bonds. The van der Waals surface area contributed by atoms with Crippen LogP contribution in [-0.4, -0.2) is 43.7 Å². The van der Waals surface area contributed by atoms with E-state index in [9.17, 15) is 0 Å². The summed E-state index contributed by atoms with van der Waals surface area (Å²) >= 11 is 3.44. The van der Waals surface area contributed by atoms with E-state index in [1.54, 1.807) is 0 Å². The Morgan fingerprint density at radius 1 is 1.33 bits per heavy atom. The van der Waals surface area contributed by atoms with Crippen LogP contribution < -0.4 is 10.1 Å². The van der Waals surface area contributed by atoms with Crippen LogP contribution in [0.2, 0.25) is 0 Å². The highest BCUT2D eigenvalue weighted by atomic mass is 79.9. The number of nitrogens with zero attached hydrogens (tertiary/aromatic N) is 1. The first-order chi connectivity index (χ1) is 10.1. The monoisotopic (exact) mass is 354 g/mol. The molecule has 1 unspecified atom stereocenters. The summed E-state index contributed by atoms with van der Waals surface area (Å²) in [6.07, 6.45) is 2.62. The number of halogens is 1. The summed E-state index contributed by atoms with van der Waals surface area (Å²) < 4.78 is 6.94. The Hall–Kier alpha value is -0.580. The van der Waals surface area contributed by atoms with Gasteiger partial charge in [0.25, 0.3) is 0 Å². The van der Waals surface area contributed by atoms with Gasteiger partial charge in [0.15, 0.2) is 0 Å². The number of rotatable bonds is 8. The number of benzene rings is 1. The molecule has 1 aromatic rings. The van der Waals surface area contributed by atoms with Crippen LogP contribution in [0.5, 0.6) is 5.75 Å². The Morgan fingerprint density at radius 3 is 2.71 bits per heavy atom. The second-order valence-corrected chi connectivity index (χ2v) is 7.16. The molecule has 118 valence electrons. The molecule has 1 aliphatic rings. The predicted octanol–water partition coefficient (Wildman–Crippen LogP) is 3.54. The molecule has 0 aromatic heterocycles. The SMILES string of the molecule is CC(C)CN(CCOc1ccc(Br)cc1)CC1CCCN1. The number of hydrogen-bond donors (Lipinski definition) is 1. The smallest absolute Gasteiger partial charge is 0.119 e. The lowest BCUT2D eigenvalue weighted by molar-refractivity contribution is 0.181. The van der Waals surface area contributed by atoms with Gasteiger partial charge in [-0.05, 0) is 49.6 Å². The number of ether oxygens (including phenoxy) is 1. The highest BCUT2D eigenvalue weighted by Gasteiger charge is 2.18. The van der Waals surface area contributed by atoms with Crippen LogP contribution in [0.15, 0.2) is 28.7 Å². The molecule has 3 nitrogen and oxygen atoms in total. The van der Waals surface area contributed by atoms with Gasteiger partial charge in [-0.25, -0.2) is 0 Å². The van der Waals surface area contributed by atoms with Crippen LogP contribution in [-0.2, 0) is 0 Å². The number of nitrogens with one attached hydrogen (secondary N) is 1. The lowest BCUT2D eigenvalue weighted by Gasteiger charge is -2.27. The van der Waals surface area contributed by atoms with Crippen LogP contribution in [0.25, 0.3) is 0 Å². The largest absolute Gasteiger partial charge is 0.492 e. The standard InChI is InChI=1S/C17H27BrN2O/c1-14(2)12-20(13-16-4-3-9-19-16)10-11-21-17-7-5-15(18)6-8-17/h5-8,14,16,19H,3-4,9-13H2,1-2H3. The molecule has 0 aliphatic carbocycles. The van der Waals surface area contributed by atoms with Gasteiger partial charge in [-0.1, -0.05) is 29.8 Å². The van der Waals surface area contributed by atoms with E-state index >= 15 is 0 Å². The molecule has 1 heterocycles. The Morgan fingerprint density at radius 2 is 2.10 bits per heavy atom. The minimum Gasteiger partial charge on any atom is -0.492 e. The first-order valence-electron chi connectivity index (χ1n) is 7.97. The first-order valence-corrected chi connectivity index (χ1v) is 8.77. The van der Waals surface area contributed by atoms with E-state index in [0.717, 1.165) is 36.5 Å². The van der Waals surface area contributed by atoms with E-state index in [-0.39, 0.29) is 0 Å². The minimum atomic E-state index is 0.663. The maximum absolute atomic E-state index is 5.85. The summed E-state index contributed by atoms with van der Waals surface area (Å²) in [5.74, 6) is 1.64. The van der Waals surface area contributed by atoms with Gasteiger partial charge in [0.2, 0.25) is 0 Å². The Labute approximate surface area is 137 Å². The van der Waals surface area contributed by atoms with E-state index in [1.165, 1.54) is 19.4 Å². The molecule has 0 spiro atoms. The average Bonchev–Trinajstić information content (AvgIpc) is 2.93. The van der Waals surface area contributed by atoms with Gasteiger partial charge in [0, 0.05) is 30.1 Å². The average molecular weight is 355 g/mol. The minimum absolute atomic E-state index is 0.663. The van der Waals surface area contributed by atoms with Gasteiger partial charge < -0.3 is 10.1 Å². The fourth-order valence-corrected chi connectivity index (χ4v) is 3.09. The van der Waals surface area contributed by atoms with Crippen molar-refractivity contribution in [2.75, 3.05) is 32.8 Å². The van der Waals surface area contributed by atoms with Gasteiger partial charge in [0.05, 0.1) is 0 Å². The molecule has 0 saturated carbocycles. The highest BCUT2D eigenvalue weighted by Crippen LogP contribution is 2.16. The topological polar surface area (TPSA) is 24.5 Å². The molecule has 21 heavy (non-hydrogen) atoms. The fourth-order valence-electron chi connectivity index (χ4n) is 2.82. The lowest BCUT2D eigenvalue weighted by atomic mass is 10.1. The van der Waals surface area contributed by atoms with Crippen molar-refractivity contribution in [2.45, 2.75) is 32.7 Å². The molecule has 1 saturated heterocycles. The molecule has 4 heteroatoms. The zero-order valence-corrected chi connectivity index (χ0v) is 14.7. The van der Waals surface area contributed by atoms with Crippen LogP contribution >= 0.6 is 15.9 Å². The van der Waals surface area contributed by atoms with Crippen LogP contribution in [0, 0.1) is 5.92 Å². The van der Waals surface area contributed by atoms with Crippen molar-refractivity contribution < 1.29 is 4.74 Å². The molecule has 1 N–H and O–H groups in total. The van der Waals surface area contributed by atoms with Crippen molar-refractivity contribution in [3.05, 3.63) is 28.7 Å². The first kappa shape index (κ1) is 16.8. The van der Waals surface area contributed by atoms with Crippen molar-refractivity contribution in [3.8, 4) is 5.75 Å². The molecule has 0 radical (unpaired) electrons. The molecule has 2 rings (SSSR count). The highest BCUT2D eigenvalue weighted by molar-refractivity contribution is 9.10. The quantitative estimate of drug-likeness (QED) is 0.772. The van der Waals surface area contributed by atoms with E-state index in [0.29, 0.717) is 12.0 Å². The van der Waals surface area contributed by atoms with Gasteiger partial charge in [-0.2, -0.15) is 0 Å². The van der Waals surface area contributed by atoms with Crippen molar-refractivity contribution in [1.29, 1.82) is 0 Å². The molecule has 1 atom stereocenters. The second-order valence-electron chi connectivity index (χ2n) is 6.25. The Balaban J connectivity index is 1.76. The summed E-state index contributed by atoms with van der Waals surface area (Å²) in [7, 11) is 0. The molecule has 0 bridgehead atoms. The van der Waals surface area contributed by atoms with Crippen LogP contribution in [0.4, 0.5) is 0 Å². The van der Waals surface area contributed by atoms with Crippen molar-refractivity contribution in [1.82, 2.24) is 10.2 Å². The van der Waals surface area contributed by atoms with Gasteiger partial charge >= 0.3 is 0 Å². The van der Waals surface area contributed by atoms with E-state index < -0.39 is 0 Å². The third kappa shape index (κ3) is 6.37. The molecule has 1 aliphatic heterocycles. The van der Waals surface area contributed by atoms with Gasteiger partial charge in [0.1, 0.15) is 12.4 Å². The zero-order valence-electron chi connectivity index (χ0n) is 13.1. The van der Waals surface area contributed by atoms with Crippen LogP contribution in [0.3, 0.4) is 0 Å². The maximum Gasteiger partial charge on any atom is 0.119 e. The summed E-state index contributed by atoms with van der Waals surface area (Å²) in [5, 5.41) is 3.59. The van der Waals surface area contributed by atoms with E-state index in [2.05, 4.69) is 40.0 Å². The predicted molar refractivity (Wildman–Crippen MR) is 91.9 cm³/mol. The Kier molecular flexibility index (Phi) is 7.00. The summed E-state index contributed by atoms with van der Waals surface area (Å²) in [6, 6.07) is 8.72. The maximum atomic E-state index is 5.85. The number of hydrogen-bond acceptors (Lipinski definition) is 3. The van der Waals surface area contributed by atoms with E-state index in [4.69, 9.17) is 4.74 Å². The van der Waals surface area contributed by atoms with Crippen molar-refractivity contribution in [2.24, 2.45) is 5.92 Å². The zero-order chi connectivity index (χ0) is 15.1. The van der Waals surface area contributed by atoms with Crippen molar-refractivity contribution in [3.63, 3.8) is 0 Å². The molecule has 1 fully saturated rings. The summed E-state index contributed by atoms with van der Waals surface area (Å²) in [5.41, 5.74) is 0. The van der Waals surface area contributed by atoms with Gasteiger partial charge in [-0.15, -0.1) is 0 Å². The van der Waals surface area contributed by atoms with E-state index in [1.807, 2.05) is 24.3 Å². The normalized spacial score (nSPS) is 18.6. The second kappa shape index (κ2) is 8.76. The van der Waals surface area contributed by atoms with Crippen molar-refractivity contribution >= 4 is 15.9 Å². The van der Waals surface area contributed by atoms with Crippen LogP contribution in [0.1, 0.15) is 26.7 Å². The lowest BCUT2D eigenvalue weighted by Crippen LogP contribution is -2.41. The fraction of sp³-hybridized carbons (Fsp3) is 0.647. The molecular formula is C17H27BrN2O. The third-order valence-electron chi connectivity index (χ3n) is 3.75. The third-order valence-corrected chi connectivity index (χ3v) is 4.28. The van der Waals surface area contributed by atoms with Gasteiger partial charge in [-0.3, -0.25) is 4.90 Å². The summed E-state index contributed by atoms with van der Waals surface area (Å²) in [6.45, 7) is 9.77. The summed E-state index contributed by atoms with van der Waals surface area (Å²) in [4.78, 5) is 2.53. The Bertz CT molecular complexity index is 402. The molecular weight excluding hydrogens is 328 g/mol.